The van der Waals surface area contributed by atoms with Gasteiger partial charge in [-0.2, -0.15) is 0 Å². The van der Waals surface area contributed by atoms with Crippen LogP contribution >= 0.6 is 11.6 Å². The van der Waals surface area contributed by atoms with Crippen LogP contribution in [0.3, 0.4) is 0 Å². The average molecular weight is 270 g/mol. The number of amides is 1. The molecule has 0 bridgehead atoms. The lowest BCUT2D eigenvalue weighted by Gasteiger charge is -2.30. The molecule has 1 aliphatic rings. The lowest BCUT2D eigenvalue weighted by molar-refractivity contribution is -0.120. The predicted octanol–water partition coefficient (Wildman–Crippen LogP) is 3.04. The molecule has 0 aromatic heterocycles. The smallest absolute Gasteiger partial charge is 0.235 e. The lowest BCUT2D eigenvalue weighted by Crippen LogP contribution is -2.48. The quantitative estimate of drug-likeness (QED) is 0.837. The summed E-state index contributed by atoms with van der Waals surface area (Å²) in [7, 11) is 0. The van der Waals surface area contributed by atoms with Gasteiger partial charge in [-0.05, 0) is 37.0 Å². The third-order valence-corrected chi connectivity index (χ3v) is 3.79. The molecule has 0 aliphatic heterocycles. The van der Waals surface area contributed by atoms with Crippen molar-refractivity contribution in [1.82, 2.24) is 5.32 Å². The Kier molecular flexibility index (Phi) is 4.23. The molecule has 1 saturated carbocycles. The summed E-state index contributed by atoms with van der Waals surface area (Å²) in [4.78, 5) is 11.5. The van der Waals surface area contributed by atoms with Gasteiger partial charge in [-0.25, -0.2) is 4.39 Å². The van der Waals surface area contributed by atoms with Gasteiger partial charge in [-0.15, -0.1) is 11.6 Å². The summed E-state index contributed by atoms with van der Waals surface area (Å²) < 4.78 is 12.9. The first-order valence-corrected chi connectivity index (χ1v) is 6.78. The van der Waals surface area contributed by atoms with Crippen molar-refractivity contribution in [1.29, 1.82) is 0 Å². The van der Waals surface area contributed by atoms with E-state index in [0.717, 1.165) is 37.7 Å². The number of carbonyl (C=O) groups excluding carboxylic acids is 1. The van der Waals surface area contributed by atoms with E-state index in [9.17, 15) is 9.18 Å². The van der Waals surface area contributed by atoms with Gasteiger partial charge in [0.15, 0.2) is 0 Å². The van der Waals surface area contributed by atoms with Gasteiger partial charge in [0.2, 0.25) is 5.91 Å². The van der Waals surface area contributed by atoms with Gasteiger partial charge in [0.05, 0.1) is 0 Å². The van der Waals surface area contributed by atoms with E-state index in [2.05, 4.69) is 5.32 Å². The molecule has 1 aromatic rings. The maximum atomic E-state index is 12.9. The highest BCUT2D eigenvalue weighted by molar-refractivity contribution is 6.27. The standard InChI is InChI=1S/C14H17ClFNO/c15-10-13(18)17-14(7-1-2-8-14)9-11-3-5-12(16)6-4-11/h3-6H,1-2,7-10H2,(H,17,18). The number of hydrogen-bond donors (Lipinski definition) is 1. The average Bonchev–Trinajstić information content (AvgIpc) is 2.80. The van der Waals surface area contributed by atoms with Gasteiger partial charge < -0.3 is 5.32 Å². The fourth-order valence-electron chi connectivity index (χ4n) is 2.72. The van der Waals surface area contributed by atoms with E-state index in [1.807, 2.05) is 0 Å². The SMILES string of the molecule is O=C(CCl)NC1(Cc2ccc(F)cc2)CCCC1. The van der Waals surface area contributed by atoms with E-state index in [4.69, 9.17) is 11.6 Å². The van der Waals surface area contributed by atoms with Crippen LogP contribution in [0.15, 0.2) is 24.3 Å². The molecule has 0 unspecified atom stereocenters. The first-order chi connectivity index (χ1) is 8.63. The second-order valence-corrected chi connectivity index (χ2v) is 5.24. The van der Waals surface area contributed by atoms with E-state index in [-0.39, 0.29) is 23.1 Å². The zero-order chi connectivity index (χ0) is 13.0. The molecule has 1 aliphatic carbocycles. The van der Waals surface area contributed by atoms with E-state index >= 15 is 0 Å². The van der Waals surface area contributed by atoms with Crippen molar-refractivity contribution >= 4 is 17.5 Å². The number of carbonyl (C=O) groups is 1. The van der Waals surface area contributed by atoms with Crippen molar-refractivity contribution in [2.24, 2.45) is 0 Å². The van der Waals surface area contributed by atoms with Gasteiger partial charge in [0.1, 0.15) is 11.7 Å². The Morgan fingerprint density at radius 1 is 1.28 bits per heavy atom. The second-order valence-electron chi connectivity index (χ2n) is 4.97. The lowest BCUT2D eigenvalue weighted by atomic mass is 9.89. The predicted molar refractivity (Wildman–Crippen MR) is 70.2 cm³/mol. The van der Waals surface area contributed by atoms with Crippen LogP contribution in [0.25, 0.3) is 0 Å². The van der Waals surface area contributed by atoms with Gasteiger partial charge in [0.25, 0.3) is 0 Å². The molecule has 0 heterocycles. The molecule has 2 rings (SSSR count). The summed E-state index contributed by atoms with van der Waals surface area (Å²) in [6.07, 6.45) is 4.91. The minimum absolute atomic E-state index is 0.00876. The molecule has 18 heavy (non-hydrogen) atoms. The van der Waals surface area contributed by atoms with Crippen LogP contribution in [0, 0.1) is 5.82 Å². The van der Waals surface area contributed by atoms with Crippen molar-refractivity contribution in [2.75, 3.05) is 5.88 Å². The molecule has 2 nitrogen and oxygen atoms in total. The number of hydrogen-bond acceptors (Lipinski definition) is 1. The van der Waals surface area contributed by atoms with Crippen molar-refractivity contribution in [2.45, 2.75) is 37.6 Å². The fraction of sp³-hybridized carbons (Fsp3) is 0.500. The first kappa shape index (κ1) is 13.3. The maximum absolute atomic E-state index is 12.9. The number of benzene rings is 1. The summed E-state index contributed by atoms with van der Waals surface area (Å²) in [6.45, 7) is 0. The Balaban J connectivity index is 2.10. The monoisotopic (exact) mass is 269 g/mol. The van der Waals surface area contributed by atoms with Crippen LogP contribution in [0.4, 0.5) is 4.39 Å². The summed E-state index contributed by atoms with van der Waals surface area (Å²) in [5.74, 6) is -0.366. The molecule has 1 aromatic carbocycles. The molecule has 0 saturated heterocycles. The Morgan fingerprint density at radius 3 is 2.44 bits per heavy atom. The molecule has 4 heteroatoms. The summed E-state index contributed by atoms with van der Waals surface area (Å²) >= 11 is 5.55. The highest BCUT2D eigenvalue weighted by atomic mass is 35.5. The van der Waals surface area contributed by atoms with Gasteiger partial charge >= 0.3 is 0 Å². The van der Waals surface area contributed by atoms with E-state index in [1.165, 1.54) is 12.1 Å². The molecular formula is C14H17ClFNO. The summed E-state index contributed by atoms with van der Waals surface area (Å²) in [5.41, 5.74) is 0.859. The van der Waals surface area contributed by atoms with E-state index in [0.29, 0.717) is 0 Å². The summed E-state index contributed by atoms with van der Waals surface area (Å²) in [6, 6.07) is 6.48. The van der Waals surface area contributed by atoms with E-state index in [1.54, 1.807) is 12.1 Å². The van der Waals surface area contributed by atoms with Gasteiger partial charge in [-0.1, -0.05) is 25.0 Å². The molecule has 0 spiro atoms. The van der Waals surface area contributed by atoms with Crippen LogP contribution in [-0.4, -0.2) is 17.3 Å². The minimum atomic E-state index is -0.232. The van der Waals surface area contributed by atoms with Crippen LogP contribution < -0.4 is 5.32 Å². The molecule has 1 amide bonds. The molecule has 0 atom stereocenters. The first-order valence-electron chi connectivity index (χ1n) is 6.25. The Labute approximate surface area is 112 Å². The number of rotatable bonds is 4. The second kappa shape index (κ2) is 5.70. The van der Waals surface area contributed by atoms with Gasteiger partial charge in [-0.3, -0.25) is 4.79 Å². The number of alkyl halides is 1. The maximum Gasteiger partial charge on any atom is 0.235 e. The van der Waals surface area contributed by atoms with Gasteiger partial charge in [0, 0.05) is 5.54 Å². The third kappa shape index (κ3) is 3.22. The topological polar surface area (TPSA) is 29.1 Å². The molecule has 98 valence electrons. The van der Waals surface area contributed by atoms with Crippen molar-refractivity contribution < 1.29 is 9.18 Å². The Bertz CT molecular complexity index is 412. The Hall–Kier alpha value is -1.09. The Morgan fingerprint density at radius 2 is 1.89 bits per heavy atom. The zero-order valence-corrected chi connectivity index (χ0v) is 11.0. The molecule has 1 N–H and O–H groups in total. The molecule has 0 radical (unpaired) electrons. The zero-order valence-electron chi connectivity index (χ0n) is 10.2. The van der Waals surface area contributed by atoms with Crippen LogP contribution in [-0.2, 0) is 11.2 Å². The molecular weight excluding hydrogens is 253 g/mol. The van der Waals surface area contributed by atoms with E-state index < -0.39 is 0 Å². The van der Waals surface area contributed by atoms with Crippen molar-refractivity contribution in [3.63, 3.8) is 0 Å². The third-order valence-electron chi connectivity index (χ3n) is 3.54. The molecule has 1 fully saturated rings. The minimum Gasteiger partial charge on any atom is -0.349 e. The highest BCUT2D eigenvalue weighted by Crippen LogP contribution is 2.32. The number of nitrogens with one attached hydrogen (secondary N) is 1. The van der Waals surface area contributed by atoms with Crippen LogP contribution in [0.5, 0.6) is 0 Å². The largest absolute Gasteiger partial charge is 0.349 e. The van der Waals surface area contributed by atoms with Crippen LogP contribution in [0.1, 0.15) is 31.2 Å². The highest BCUT2D eigenvalue weighted by Gasteiger charge is 2.35. The van der Waals surface area contributed by atoms with Crippen LogP contribution in [0.2, 0.25) is 0 Å². The summed E-state index contributed by atoms with van der Waals surface area (Å²) in [5, 5.41) is 3.04. The normalized spacial score (nSPS) is 17.7. The van der Waals surface area contributed by atoms with Crippen molar-refractivity contribution in [3.8, 4) is 0 Å². The fourth-order valence-corrected chi connectivity index (χ4v) is 2.79. The number of halogens is 2. The van der Waals surface area contributed by atoms with Crippen molar-refractivity contribution in [3.05, 3.63) is 35.6 Å².